The summed E-state index contributed by atoms with van der Waals surface area (Å²) < 4.78 is 37.5. The molecule has 1 saturated heterocycles. The molecule has 40 heavy (non-hydrogen) atoms. The fraction of sp³-hybridized carbons (Fsp3) is 0.407. The molecule has 0 spiro atoms. The highest BCUT2D eigenvalue weighted by Crippen LogP contribution is 2.14. The second kappa shape index (κ2) is 14.4. The van der Waals surface area contributed by atoms with E-state index in [1.165, 1.54) is 0 Å². The Morgan fingerprint density at radius 1 is 1.05 bits per heavy atom. The van der Waals surface area contributed by atoms with Crippen molar-refractivity contribution in [3.63, 3.8) is 0 Å². The van der Waals surface area contributed by atoms with Gasteiger partial charge in [-0.05, 0) is 38.0 Å². The summed E-state index contributed by atoms with van der Waals surface area (Å²) in [6.45, 7) is 4.36. The van der Waals surface area contributed by atoms with E-state index in [0.29, 0.717) is 31.7 Å². The topological polar surface area (TPSA) is 151 Å². The molecular formula is C27H33F3N4O6. The fourth-order valence-corrected chi connectivity index (χ4v) is 3.54. The average Bonchev–Trinajstić information content (AvgIpc) is 3.36. The first-order valence-electron chi connectivity index (χ1n) is 12.3. The number of rotatable bonds is 9. The van der Waals surface area contributed by atoms with Gasteiger partial charge < -0.3 is 31.1 Å². The third kappa shape index (κ3) is 10.7. The molecule has 0 bridgehead atoms. The minimum atomic E-state index is -5.08. The number of aliphatic carboxylic acids is 1. The molecule has 3 amide bonds. The Hall–Kier alpha value is -3.97. The smallest absolute Gasteiger partial charge is 0.475 e. The van der Waals surface area contributed by atoms with Crippen LogP contribution in [-0.2, 0) is 25.7 Å². The maximum Gasteiger partial charge on any atom is 0.490 e. The van der Waals surface area contributed by atoms with Gasteiger partial charge in [-0.15, -0.1) is 0 Å². The first-order chi connectivity index (χ1) is 18.7. The first-order valence-corrected chi connectivity index (χ1v) is 12.3. The number of carboxylic acids is 1. The number of hydrogen-bond donors (Lipinski definition) is 4. The minimum absolute atomic E-state index is 0.0209. The van der Waals surface area contributed by atoms with Gasteiger partial charge in [-0.2, -0.15) is 13.2 Å². The first kappa shape index (κ1) is 32.2. The molecular weight excluding hydrogens is 533 g/mol. The molecule has 2 aromatic rings. The third-order valence-electron chi connectivity index (χ3n) is 5.70. The standard InChI is InChI=1S/C25H32N4O4.C2HF3O2/c1-25(2,26)24(32)28-21(17-33-16-18-9-5-3-6-10-18)23(31)29-14-13-20(15-29)27-22(30)19-11-7-4-8-12-19;3-2(4,5)1(6)7/h3-12,20-21H,13-17,26H2,1-2H3,(H,27,30)(H,28,32);(H,6,7)/t20-,21?;/m1./s1. The van der Waals surface area contributed by atoms with Crippen LogP contribution in [-0.4, -0.2) is 77.2 Å². The number of halogens is 3. The maximum atomic E-state index is 13.2. The van der Waals surface area contributed by atoms with Crippen LogP contribution in [0.2, 0.25) is 0 Å². The molecule has 2 aromatic carbocycles. The average molecular weight is 567 g/mol. The number of carbonyl (C=O) groups excluding carboxylic acids is 3. The number of likely N-dealkylation sites (tertiary alicyclic amines) is 1. The Morgan fingerprint density at radius 3 is 2.12 bits per heavy atom. The van der Waals surface area contributed by atoms with Crippen molar-refractivity contribution >= 4 is 23.7 Å². The van der Waals surface area contributed by atoms with Crippen molar-refractivity contribution in [2.24, 2.45) is 5.73 Å². The van der Waals surface area contributed by atoms with Crippen LogP contribution in [0, 0.1) is 0 Å². The van der Waals surface area contributed by atoms with Gasteiger partial charge in [-0.25, -0.2) is 4.79 Å². The van der Waals surface area contributed by atoms with E-state index in [2.05, 4.69) is 10.6 Å². The summed E-state index contributed by atoms with van der Waals surface area (Å²) >= 11 is 0. The quantitative estimate of drug-likeness (QED) is 0.363. The molecule has 1 aliphatic heterocycles. The van der Waals surface area contributed by atoms with E-state index < -0.39 is 29.6 Å². The summed E-state index contributed by atoms with van der Waals surface area (Å²) in [7, 11) is 0. The van der Waals surface area contributed by atoms with Crippen molar-refractivity contribution in [2.45, 2.75) is 50.7 Å². The molecule has 1 unspecified atom stereocenters. The molecule has 218 valence electrons. The largest absolute Gasteiger partial charge is 0.490 e. The van der Waals surface area contributed by atoms with Crippen LogP contribution in [0.5, 0.6) is 0 Å². The Morgan fingerprint density at radius 2 is 1.60 bits per heavy atom. The number of nitrogens with zero attached hydrogens (tertiary/aromatic N) is 1. The summed E-state index contributed by atoms with van der Waals surface area (Å²) in [5, 5.41) is 12.8. The van der Waals surface area contributed by atoms with E-state index in [1.807, 2.05) is 36.4 Å². The van der Waals surface area contributed by atoms with Crippen molar-refractivity contribution in [3.05, 3.63) is 71.8 Å². The Balaban J connectivity index is 0.000000708. The second-order valence-corrected chi connectivity index (χ2v) is 9.66. The van der Waals surface area contributed by atoms with Crippen LogP contribution >= 0.6 is 0 Å². The number of nitrogens with two attached hydrogens (primary N) is 1. The van der Waals surface area contributed by atoms with Gasteiger partial charge in [0.05, 0.1) is 18.8 Å². The maximum absolute atomic E-state index is 13.2. The molecule has 0 saturated carbocycles. The summed E-state index contributed by atoms with van der Waals surface area (Å²) in [5.41, 5.74) is 6.32. The van der Waals surface area contributed by atoms with Crippen molar-refractivity contribution in [1.29, 1.82) is 0 Å². The lowest BCUT2D eigenvalue weighted by Gasteiger charge is -2.27. The predicted octanol–water partition coefficient (Wildman–Crippen LogP) is 2.09. The zero-order chi connectivity index (χ0) is 29.9. The molecule has 0 radical (unpaired) electrons. The zero-order valence-corrected chi connectivity index (χ0v) is 22.1. The van der Waals surface area contributed by atoms with Gasteiger partial charge in [0.1, 0.15) is 6.04 Å². The molecule has 1 heterocycles. The number of ether oxygens (including phenoxy) is 1. The van der Waals surface area contributed by atoms with Crippen molar-refractivity contribution in [2.75, 3.05) is 19.7 Å². The molecule has 2 atom stereocenters. The van der Waals surface area contributed by atoms with Crippen LogP contribution in [0.1, 0.15) is 36.2 Å². The Labute approximate surface area is 229 Å². The van der Waals surface area contributed by atoms with Crippen LogP contribution in [0.3, 0.4) is 0 Å². The molecule has 10 nitrogen and oxygen atoms in total. The highest BCUT2D eigenvalue weighted by molar-refractivity contribution is 5.94. The van der Waals surface area contributed by atoms with E-state index in [9.17, 15) is 27.6 Å². The molecule has 3 rings (SSSR count). The number of alkyl halides is 3. The minimum Gasteiger partial charge on any atom is -0.475 e. The predicted molar refractivity (Wildman–Crippen MR) is 139 cm³/mol. The van der Waals surface area contributed by atoms with Gasteiger partial charge in [0.2, 0.25) is 11.8 Å². The van der Waals surface area contributed by atoms with Gasteiger partial charge in [0.25, 0.3) is 5.91 Å². The summed E-state index contributed by atoms with van der Waals surface area (Å²) in [5.74, 6) is -3.61. The number of carbonyl (C=O) groups is 4. The second-order valence-electron chi connectivity index (χ2n) is 9.66. The van der Waals surface area contributed by atoms with Gasteiger partial charge in [0.15, 0.2) is 0 Å². The Bertz CT molecular complexity index is 1140. The molecule has 0 aliphatic carbocycles. The van der Waals surface area contributed by atoms with Gasteiger partial charge in [-0.3, -0.25) is 14.4 Å². The molecule has 13 heteroatoms. The number of benzene rings is 2. The molecule has 1 fully saturated rings. The van der Waals surface area contributed by atoms with Gasteiger partial charge in [-0.1, -0.05) is 48.5 Å². The van der Waals surface area contributed by atoms with E-state index in [4.69, 9.17) is 20.4 Å². The molecule has 1 aliphatic rings. The monoisotopic (exact) mass is 566 g/mol. The molecule has 5 N–H and O–H groups in total. The van der Waals surface area contributed by atoms with Crippen LogP contribution in [0.25, 0.3) is 0 Å². The summed E-state index contributed by atoms with van der Waals surface area (Å²) in [6, 6.07) is 17.5. The highest BCUT2D eigenvalue weighted by Gasteiger charge is 2.38. The molecule has 0 aromatic heterocycles. The van der Waals surface area contributed by atoms with E-state index in [0.717, 1.165) is 5.56 Å². The lowest BCUT2D eigenvalue weighted by Crippen LogP contribution is -2.57. The lowest BCUT2D eigenvalue weighted by molar-refractivity contribution is -0.192. The fourth-order valence-electron chi connectivity index (χ4n) is 3.54. The van der Waals surface area contributed by atoms with E-state index in [-0.39, 0.29) is 24.5 Å². The van der Waals surface area contributed by atoms with Crippen molar-refractivity contribution in [1.82, 2.24) is 15.5 Å². The van der Waals surface area contributed by atoms with Crippen molar-refractivity contribution in [3.8, 4) is 0 Å². The summed E-state index contributed by atoms with van der Waals surface area (Å²) in [4.78, 5) is 48.7. The number of carboxylic acid groups (broad SMARTS) is 1. The lowest BCUT2D eigenvalue weighted by atomic mass is 10.1. The third-order valence-corrected chi connectivity index (χ3v) is 5.70. The number of nitrogens with one attached hydrogen (secondary N) is 2. The SMILES string of the molecule is CC(C)(N)C(=O)NC(COCc1ccccc1)C(=O)N1CC[C@@H](NC(=O)c2ccccc2)C1.O=C(O)C(F)(F)F. The Kier molecular flexibility index (Phi) is 11.6. The number of amides is 3. The van der Waals surface area contributed by atoms with Crippen LogP contribution in [0.15, 0.2) is 60.7 Å². The van der Waals surface area contributed by atoms with Crippen LogP contribution < -0.4 is 16.4 Å². The van der Waals surface area contributed by atoms with E-state index >= 15 is 0 Å². The zero-order valence-electron chi connectivity index (χ0n) is 22.1. The summed E-state index contributed by atoms with van der Waals surface area (Å²) in [6.07, 6.45) is -4.45. The normalized spacial score (nSPS) is 15.8. The van der Waals surface area contributed by atoms with E-state index in [1.54, 1.807) is 43.0 Å². The highest BCUT2D eigenvalue weighted by atomic mass is 19.4. The van der Waals surface area contributed by atoms with Crippen LogP contribution in [0.4, 0.5) is 13.2 Å². The van der Waals surface area contributed by atoms with Crippen molar-refractivity contribution < 1.29 is 42.2 Å². The van der Waals surface area contributed by atoms with Gasteiger partial charge in [0, 0.05) is 24.7 Å². The van der Waals surface area contributed by atoms with Gasteiger partial charge >= 0.3 is 12.1 Å². The number of hydrogen-bond acceptors (Lipinski definition) is 6.